The van der Waals surface area contributed by atoms with Crippen molar-refractivity contribution in [1.29, 1.82) is 5.26 Å². The van der Waals surface area contributed by atoms with E-state index in [1.807, 2.05) is 17.0 Å². The molecular formula is C30H34ClN7O. The van der Waals surface area contributed by atoms with Gasteiger partial charge in [-0.3, -0.25) is 0 Å². The van der Waals surface area contributed by atoms with Gasteiger partial charge in [-0.05, 0) is 56.8 Å². The third-order valence-electron chi connectivity index (χ3n) is 9.23. The Morgan fingerprint density at radius 1 is 1.08 bits per heavy atom. The minimum atomic E-state index is 0.312. The van der Waals surface area contributed by atoms with Crippen molar-refractivity contribution in [3.8, 4) is 12.2 Å². The summed E-state index contributed by atoms with van der Waals surface area (Å²) in [6, 6.07) is 13.7. The zero-order valence-corrected chi connectivity index (χ0v) is 23.1. The fourth-order valence-corrected chi connectivity index (χ4v) is 7.38. The lowest BCUT2D eigenvalue weighted by molar-refractivity contribution is 0.187. The molecule has 3 fully saturated rings. The number of halogens is 1. The molecule has 9 heteroatoms. The number of nitriles is 1. The summed E-state index contributed by atoms with van der Waals surface area (Å²) >= 11 is 6.70. The number of aromatic nitrogens is 2. The molecule has 1 aromatic heterocycles. The number of likely N-dealkylation sites (tertiary alicyclic amines) is 2. The second-order valence-corrected chi connectivity index (χ2v) is 11.9. The van der Waals surface area contributed by atoms with Crippen molar-refractivity contribution < 1.29 is 4.74 Å². The normalized spacial score (nSPS) is 24.7. The van der Waals surface area contributed by atoms with Crippen LogP contribution in [-0.4, -0.2) is 78.2 Å². The van der Waals surface area contributed by atoms with E-state index in [4.69, 9.17) is 26.3 Å². The summed E-state index contributed by atoms with van der Waals surface area (Å²) in [5, 5.41) is 12.5. The van der Waals surface area contributed by atoms with E-state index in [9.17, 15) is 5.26 Å². The highest BCUT2D eigenvalue weighted by molar-refractivity contribution is 6.36. The summed E-state index contributed by atoms with van der Waals surface area (Å²) in [6.07, 6.45) is 6.65. The molecule has 0 spiro atoms. The number of anilines is 2. The van der Waals surface area contributed by atoms with E-state index in [1.165, 1.54) is 12.0 Å². The molecule has 0 bridgehead atoms. The van der Waals surface area contributed by atoms with Crippen LogP contribution in [-0.2, 0) is 13.0 Å². The molecule has 2 aromatic carbocycles. The van der Waals surface area contributed by atoms with Crippen molar-refractivity contribution in [2.24, 2.45) is 5.92 Å². The van der Waals surface area contributed by atoms with Gasteiger partial charge in [-0.2, -0.15) is 15.2 Å². The van der Waals surface area contributed by atoms with Crippen molar-refractivity contribution in [1.82, 2.24) is 19.8 Å². The highest BCUT2D eigenvalue weighted by atomic mass is 35.5. The molecule has 3 saturated heterocycles. The predicted octanol–water partition coefficient (Wildman–Crippen LogP) is 4.31. The van der Waals surface area contributed by atoms with Gasteiger partial charge in [-0.1, -0.05) is 35.9 Å². The first-order valence-corrected chi connectivity index (χ1v) is 14.5. The fourth-order valence-electron chi connectivity index (χ4n) is 7.10. The van der Waals surface area contributed by atoms with Gasteiger partial charge in [0.15, 0.2) is 6.19 Å². The van der Waals surface area contributed by atoms with E-state index in [0.717, 1.165) is 85.0 Å². The third kappa shape index (κ3) is 4.42. The molecule has 3 aromatic rings. The lowest BCUT2D eigenvalue weighted by Crippen LogP contribution is -2.38. The van der Waals surface area contributed by atoms with E-state index in [-0.39, 0.29) is 0 Å². The predicted molar refractivity (Wildman–Crippen MR) is 153 cm³/mol. The number of likely N-dealkylation sites (N-methyl/N-ethyl adjacent to an activating group) is 1. The Labute approximate surface area is 234 Å². The summed E-state index contributed by atoms with van der Waals surface area (Å²) in [5.41, 5.74) is 3.39. The maximum Gasteiger partial charge on any atom is 0.318 e. The van der Waals surface area contributed by atoms with E-state index in [1.54, 1.807) is 0 Å². The van der Waals surface area contributed by atoms with E-state index < -0.39 is 0 Å². The number of rotatable bonds is 5. The Morgan fingerprint density at radius 3 is 2.77 bits per heavy atom. The van der Waals surface area contributed by atoms with Gasteiger partial charge >= 0.3 is 6.01 Å². The minimum Gasteiger partial charge on any atom is -0.462 e. The van der Waals surface area contributed by atoms with Gasteiger partial charge in [0.05, 0.1) is 23.3 Å². The number of fused-ring (bicyclic) bond motifs is 3. The second kappa shape index (κ2) is 10.0. The van der Waals surface area contributed by atoms with Crippen molar-refractivity contribution in [3.05, 3.63) is 52.7 Å². The van der Waals surface area contributed by atoms with Crippen LogP contribution in [0, 0.1) is 17.4 Å². The van der Waals surface area contributed by atoms with Crippen LogP contribution >= 0.6 is 11.6 Å². The smallest absolute Gasteiger partial charge is 0.318 e. The molecule has 4 aliphatic heterocycles. The van der Waals surface area contributed by atoms with Gasteiger partial charge in [0.1, 0.15) is 12.4 Å². The molecule has 0 N–H and O–H groups in total. The van der Waals surface area contributed by atoms with Gasteiger partial charge in [-0.25, -0.2) is 0 Å². The van der Waals surface area contributed by atoms with Crippen molar-refractivity contribution in [2.75, 3.05) is 56.2 Å². The monoisotopic (exact) mass is 543 g/mol. The lowest BCUT2D eigenvalue weighted by atomic mass is 10.0. The van der Waals surface area contributed by atoms with Crippen molar-refractivity contribution in [3.63, 3.8) is 0 Å². The van der Waals surface area contributed by atoms with Crippen LogP contribution in [0.2, 0.25) is 5.02 Å². The molecule has 7 rings (SSSR count). The first-order valence-electron chi connectivity index (χ1n) is 14.2. The number of hydrogen-bond acceptors (Lipinski definition) is 8. The SMILES string of the molecule is CN1CCC[C@H]1COc1nc2c(c(N3CC[C@@H]4CN(C#N)C[C@@H]43)n1)CCN(c1cccc3cccc(Cl)c13)C2. The molecule has 39 heavy (non-hydrogen) atoms. The van der Waals surface area contributed by atoms with Crippen molar-refractivity contribution >= 4 is 33.9 Å². The molecule has 4 aliphatic rings. The summed E-state index contributed by atoms with van der Waals surface area (Å²) in [7, 11) is 2.17. The summed E-state index contributed by atoms with van der Waals surface area (Å²) in [4.78, 5) is 19.2. The number of nitrogens with zero attached hydrogens (tertiary/aromatic N) is 7. The Hall–Kier alpha value is -3.28. The highest BCUT2D eigenvalue weighted by Crippen LogP contribution is 2.40. The lowest BCUT2D eigenvalue weighted by Gasteiger charge is -2.34. The topological polar surface area (TPSA) is 71.8 Å². The van der Waals surface area contributed by atoms with Crippen molar-refractivity contribution in [2.45, 2.75) is 44.3 Å². The largest absolute Gasteiger partial charge is 0.462 e. The molecule has 0 aliphatic carbocycles. The third-order valence-corrected chi connectivity index (χ3v) is 9.55. The molecule has 0 saturated carbocycles. The second-order valence-electron chi connectivity index (χ2n) is 11.4. The van der Waals surface area contributed by atoms with Crippen LogP contribution in [0.1, 0.15) is 30.5 Å². The van der Waals surface area contributed by atoms with Gasteiger partial charge in [0.2, 0.25) is 0 Å². The summed E-state index contributed by atoms with van der Waals surface area (Å²) < 4.78 is 6.32. The Balaban J connectivity index is 1.24. The minimum absolute atomic E-state index is 0.312. The van der Waals surface area contributed by atoms with Gasteiger partial charge in [0, 0.05) is 54.8 Å². The quantitative estimate of drug-likeness (QED) is 0.441. The number of hydrogen-bond donors (Lipinski definition) is 0. The maximum absolute atomic E-state index is 9.53. The van der Waals surface area contributed by atoms with Gasteiger partial charge in [0.25, 0.3) is 0 Å². The molecule has 0 unspecified atom stereocenters. The Morgan fingerprint density at radius 2 is 1.95 bits per heavy atom. The van der Waals surface area contributed by atoms with E-state index in [0.29, 0.717) is 37.2 Å². The maximum atomic E-state index is 9.53. The van der Waals surface area contributed by atoms with Gasteiger partial charge < -0.3 is 24.3 Å². The first-order chi connectivity index (χ1) is 19.1. The zero-order valence-electron chi connectivity index (χ0n) is 22.4. The Bertz CT molecular complexity index is 1440. The number of benzene rings is 2. The van der Waals surface area contributed by atoms with Crippen LogP contribution in [0.5, 0.6) is 6.01 Å². The molecule has 8 nitrogen and oxygen atoms in total. The van der Waals surface area contributed by atoms with E-state index in [2.05, 4.69) is 52.2 Å². The van der Waals surface area contributed by atoms with Crippen LogP contribution in [0.25, 0.3) is 10.8 Å². The molecule has 5 heterocycles. The van der Waals surface area contributed by atoms with Crippen LogP contribution < -0.4 is 14.5 Å². The Kier molecular flexibility index (Phi) is 6.37. The van der Waals surface area contributed by atoms with Gasteiger partial charge in [-0.15, -0.1) is 0 Å². The summed E-state index contributed by atoms with van der Waals surface area (Å²) in [6.45, 7) is 5.84. The van der Waals surface area contributed by atoms with Crippen LogP contribution in [0.15, 0.2) is 36.4 Å². The molecule has 3 atom stereocenters. The standard InChI is InChI=1S/C30H34ClN7O/c1-35-12-4-7-22(35)18-39-30-33-25-16-37(26-9-3-6-20-5-2-8-24(31)28(20)26)13-11-23(25)29(34-30)38-14-10-21-15-36(19-32)17-27(21)38/h2-3,5-6,8-9,21-22,27H,4,7,10-18H2,1H3/t21-,22+,27+/m1/s1. The highest BCUT2D eigenvalue weighted by Gasteiger charge is 2.43. The first kappa shape index (κ1) is 24.7. The van der Waals surface area contributed by atoms with E-state index >= 15 is 0 Å². The average molecular weight is 544 g/mol. The fraction of sp³-hybridized carbons (Fsp3) is 0.500. The number of ether oxygens (including phenoxy) is 1. The van der Waals surface area contributed by atoms with Crippen LogP contribution in [0.4, 0.5) is 11.5 Å². The van der Waals surface area contributed by atoms with Crippen LogP contribution in [0.3, 0.4) is 0 Å². The molecule has 0 amide bonds. The summed E-state index contributed by atoms with van der Waals surface area (Å²) in [5.74, 6) is 1.52. The zero-order chi connectivity index (χ0) is 26.5. The molecule has 0 radical (unpaired) electrons. The molecular weight excluding hydrogens is 510 g/mol. The average Bonchev–Trinajstić information content (AvgIpc) is 3.67. The molecule has 202 valence electrons.